The van der Waals surface area contributed by atoms with E-state index in [1.54, 1.807) is 24.0 Å². The summed E-state index contributed by atoms with van der Waals surface area (Å²) in [7, 11) is 3.20. The Kier molecular flexibility index (Phi) is 6.24. The van der Waals surface area contributed by atoms with Crippen molar-refractivity contribution >= 4 is 34.3 Å². The van der Waals surface area contributed by atoms with Gasteiger partial charge in [-0.05, 0) is 53.4 Å². The Bertz CT molecular complexity index is 1550. The molecule has 0 saturated carbocycles. The maximum atomic E-state index is 13.9. The number of nitrogens with zero attached hydrogens (tertiary/aromatic N) is 2. The summed E-state index contributed by atoms with van der Waals surface area (Å²) in [5, 5.41) is 1.67. The van der Waals surface area contributed by atoms with E-state index in [-0.39, 0.29) is 18.4 Å². The third kappa shape index (κ3) is 4.07. The molecule has 2 aliphatic heterocycles. The summed E-state index contributed by atoms with van der Waals surface area (Å²) >= 11 is 6.37. The molecule has 6 rings (SSSR count). The Morgan fingerprint density at radius 2 is 1.79 bits per heavy atom. The zero-order valence-electron chi connectivity index (χ0n) is 21.2. The van der Waals surface area contributed by atoms with Gasteiger partial charge in [0.25, 0.3) is 0 Å². The molecule has 1 fully saturated rings. The van der Waals surface area contributed by atoms with Crippen molar-refractivity contribution in [1.29, 1.82) is 0 Å². The number of carbonyl (C=O) groups is 2. The Morgan fingerprint density at radius 1 is 0.974 bits per heavy atom. The average molecular weight is 530 g/mol. The molecule has 0 aliphatic carbocycles. The number of hydrogen-bond acceptors (Lipinski definition) is 4. The predicted molar refractivity (Wildman–Crippen MR) is 146 cm³/mol. The van der Waals surface area contributed by atoms with E-state index in [9.17, 15) is 9.59 Å². The van der Waals surface area contributed by atoms with Crippen LogP contribution < -0.4 is 9.47 Å². The number of methoxy groups -OCH3 is 2. The van der Waals surface area contributed by atoms with Gasteiger partial charge in [0, 0.05) is 34.6 Å². The van der Waals surface area contributed by atoms with Gasteiger partial charge < -0.3 is 24.3 Å². The fourth-order valence-electron chi connectivity index (χ4n) is 5.84. The molecule has 0 bridgehead atoms. The number of piperazine rings is 1. The number of carbonyl (C=O) groups excluding carboxylic acids is 2. The molecule has 4 aromatic rings. The number of halogens is 1. The molecule has 1 saturated heterocycles. The van der Waals surface area contributed by atoms with Gasteiger partial charge in [0.1, 0.15) is 6.04 Å². The summed E-state index contributed by atoms with van der Waals surface area (Å²) in [5.41, 5.74) is 4.91. The summed E-state index contributed by atoms with van der Waals surface area (Å²) in [6.07, 6.45) is 1.07. The Balaban J connectivity index is 1.34. The number of hydrogen-bond donors (Lipinski definition) is 1. The van der Waals surface area contributed by atoms with Gasteiger partial charge in [-0.3, -0.25) is 9.59 Å². The first-order chi connectivity index (χ1) is 18.5. The molecule has 0 unspecified atom stereocenters. The zero-order chi connectivity index (χ0) is 26.4. The molecule has 2 aliphatic rings. The summed E-state index contributed by atoms with van der Waals surface area (Å²) in [6, 6.07) is 20.4. The molecule has 38 heavy (non-hydrogen) atoms. The van der Waals surface area contributed by atoms with Crippen molar-refractivity contribution in [2.45, 2.75) is 24.9 Å². The number of rotatable bonds is 6. The first kappa shape index (κ1) is 24.4. The molecule has 7 nitrogen and oxygen atoms in total. The number of fused-ring (bicyclic) bond motifs is 4. The minimum atomic E-state index is -0.586. The van der Waals surface area contributed by atoms with Gasteiger partial charge in [0.15, 0.2) is 11.5 Å². The number of ether oxygens (including phenoxy) is 2. The second-order valence-corrected chi connectivity index (χ2v) is 10.2. The van der Waals surface area contributed by atoms with Gasteiger partial charge in [-0.15, -0.1) is 0 Å². The quantitative estimate of drug-likeness (QED) is 0.390. The van der Waals surface area contributed by atoms with Crippen LogP contribution in [0.3, 0.4) is 0 Å². The van der Waals surface area contributed by atoms with E-state index < -0.39 is 12.1 Å². The second kappa shape index (κ2) is 9.72. The number of para-hydroxylation sites is 1. The Labute approximate surface area is 225 Å². The lowest BCUT2D eigenvalue weighted by molar-refractivity contribution is -0.158. The largest absolute Gasteiger partial charge is 0.493 e. The van der Waals surface area contributed by atoms with Gasteiger partial charge in [0.2, 0.25) is 11.8 Å². The number of H-pyrrole nitrogens is 1. The van der Waals surface area contributed by atoms with Crippen molar-refractivity contribution in [2.75, 3.05) is 27.3 Å². The van der Waals surface area contributed by atoms with Crippen molar-refractivity contribution in [1.82, 2.24) is 14.8 Å². The molecule has 1 aromatic heterocycles. The minimum absolute atomic E-state index is 0.0342. The molecule has 8 heteroatoms. The minimum Gasteiger partial charge on any atom is -0.493 e. The summed E-state index contributed by atoms with van der Waals surface area (Å²) in [5.74, 6) is 1.19. The normalized spacial score (nSPS) is 18.9. The predicted octanol–water partition coefficient (Wildman–Crippen LogP) is 4.77. The summed E-state index contributed by atoms with van der Waals surface area (Å²) < 4.78 is 10.8. The summed E-state index contributed by atoms with van der Waals surface area (Å²) in [4.78, 5) is 34.6. The standard InChI is InChI=1S/C30H28ClN3O4/c1-37-25-11-10-18(14-26(25)38-2)12-13-33-17-27(35)34-24(30(33)36)16-22-21-8-3-4-9-23(21)32-28(22)29(34)19-6-5-7-20(31)15-19/h3-11,14-15,24,29,32H,12-13,16-17H2,1-2H3/t24-,29+/m0/s1. The first-order valence-corrected chi connectivity index (χ1v) is 13.0. The van der Waals surface area contributed by atoms with E-state index in [1.807, 2.05) is 60.7 Å². The van der Waals surface area contributed by atoms with Crippen molar-refractivity contribution in [2.24, 2.45) is 0 Å². The van der Waals surface area contributed by atoms with Gasteiger partial charge in [-0.2, -0.15) is 0 Å². The highest BCUT2D eigenvalue weighted by Gasteiger charge is 2.48. The van der Waals surface area contributed by atoms with Crippen molar-refractivity contribution in [3.05, 3.63) is 94.1 Å². The smallest absolute Gasteiger partial charge is 0.246 e. The average Bonchev–Trinajstić information content (AvgIpc) is 3.31. The number of aromatic amines is 1. The van der Waals surface area contributed by atoms with Crippen LogP contribution in [0.2, 0.25) is 5.02 Å². The van der Waals surface area contributed by atoms with Crippen LogP contribution in [0.5, 0.6) is 11.5 Å². The fraction of sp³-hybridized carbons (Fsp3) is 0.267. The molecule has 0 spiro atoms. The lowest BCUT2D eigenvalue weighted by Crippen LogP contribution is -2.63. The fourth-order valence-corrected chi connectivity index (χ4v) is 6.03. The SMILES string of the molecule is COc1ccc(CCN2CC(=O)N3[C@H](c4cccc(Cl)c4)c4[nH]c5ccccc5c4C[C@H]3C2=O)cc1OC. The van der Waals surface area contributed by atoms with Gasteiger partial charge in [0.05, 0.1) is 26.8 Å². The highest BCUT2D eigenvalue weighted by atomic mass is 35.5. The molecule has 2 amide bonds. The molecule has 3 aromatic carbocycles. The van der Waals surface area contributed by atoms with Crippen LogP contribution in [-0.4, -0.2) is 59.9 Å². The highest BCUT2D eigenvalue weighted by molar-refractivity contribution is 6.30. The van der Waals surface area contributed by atoms with Gasteiger partial charge >= 0.3 is 0 Å². The third-order valence-electron chi connectivity index (χ3n) is 7.63. The number of amides is 2. The zero-order valence-corrected chi connectivity index (χ0v) is 22.0. The Morgan fingerprint density at radius 3 is 2.58 bits per heavy atom. The van der Waals surface area contributed by atoms with Crippen molar-refractivity contribution in [3.8, 4) is 11.5 Å². The van der Waals surface area contributed by atoms with E-state index in [2.05, 4.69) is 11.1 Å². The van der Waals surface area contributed by atoms with E-state index in [4.69, 9.17) is 21.1 Å². The van der Waals surface area contributed by atoms with Crippen LogP contribution in [0.15, 0.2) is 66.7 Å². The van der Waals surface area contributed by atoms with Crippen LogP contribution in [0.1, 0.15) is 28.4 Å². The molecule has 194 valence electrons. The van der Waals surface area contributed by atoms with E-state index >= 15 is 0 Å². The van der Waals surface area contributed by atoms with Crippen LogP contribution in [0, 0.1) is 0 Å². The number of aromatic nitrogens is 1. The van der Waals surface area contributed by atoms with Crippen molar-refractivity contribution < 1.29 is 19.1 Å². The molecule has 0 radical (unpaired) electrons. The maximum Gasteiger partial charge on any atom is 0.246 e. The second-order valence-electron chi connectivity index (χ2n) is 9.74. The first-order valence-electron chi connectivity index (χ1n) is 12.6. The lowest BCUT2D eigenvalue weighted by atomic mass is 9.86. The highest BCUT2D eigenvalue weighted by Crippen LogP contribution is 2.43. The maximum absolute atomic E-state index is 13.9. The van der Waals surface area contributed by atoms with Crippen molar-refractivity contribution in [3.63, 3.8) is 0 Å². The monoisotopic (exact) mass is 529 g/mol. The number of benzene rings is 3. The van der Waals surface area contributed by atoms with E-state index in [1.165, 1.54) is 0 Å². The lowest BCUT2D eigenvalue weighted by Gasteiger charge is -2.47. The molecular formula is C30H28ClN3O4. The Hall–Kier alpha value is -3.97. The topological polar surface area (TPSA) is 74.9 Å². The van der Waals surface area contributed by atoms with Crippen LogP contribution in [0.25, 0.3) is 10.9 Å². The van der Waals surface area contributed by atoms with Crippen LogP contribution in [-0.2, 0) is 22.4 Å². The number of nitrogens with one attached hydrogen (secondary N) is 1. The van der Waals surface area contributed by atoms with Crippen LogP contribution >= 0.6 is 11.6 Å². The molecule has 1 N–H and O–H groups in total. The molecular weight excluding hydrogens is 502 g/mol. The third-order valence-corrected chi connectivity index (χ3v) is 7.86. The summed E-state index contributed by atoms with van der Waals surface area (Å²) in [6.45, 7) is 0.474. The van der Waals surface area contributed by atoms with E-state index in [0.717, 1.165) is 33.3 Å². The van der Waals surface area contributed by atoms with E-state index in [0.29, 0.717) is 35.9 Å². The molecule has 3 heterocycles. The van der Waals surface area contributed by atoms with Gasteiger partial charge in [-0.1, -0.05) is 48.0 Å². The van der Waals surface area contributed by atoms with Crippen LogP contribution in [0.4, 0.5) is 0 Å². The molecule has 2 atom stereocenters. The van der Waals surface area contributed by atoms with Gasteiger partial charge in [-0.25, -0.2) is 0 Å².